The predicted octanol–water partition coefficient (Wildman–Crippen LogP) is 6.04. The molecule has 0 aliphatic heterocycles. The first kappa shape index (κ1) is 19.2. The summed E-state index contributed by atoms with van der Waals surface area (Å²) in [6.45, 7) is 2.89. The van der Waals surface area contributed by atoms with E-state index in [2.05, 4.69) is 4.98 Å². The van der Waals surface area contributed by atoms with Gasteiger partial charge in [0.1, 0.15) is 5.15 Å². The van der Waals surface area contributed by atoms with Crippen molar-refractivity contribution in [1.82, 2.24) is 9.88 Å². The van der Waals surface area contributed by atoms with Crippen LogP contribution in [0, 0.1) is 6.92 Å². The number of amides is 1. The normalized spacial score (nSPS) is 10.8. The van der Waals surface area contributed by atoms with E-state index in [1.165, 1.54) is 0 Å². The molecule has 0 aliphatic rings. The zero-order chi connectivity index (χ0) is 20.2. The molecule has 4 rings (SSSR count). The number of carbonyl (C=O) groups excluding carboxylic acids is 1. The molecule has 0 saturated carbocycles. The van der Waals surface area contributed by atoms with Gasteiger partial charge in [0, 0.05) is 29.6 Å². The Morgan fingerprint density at radius 3 is 2.34 bits per heavy atom. The van der Waals surface area contributed by atoms with Crippen molar-refractivity contribution in [2.45, 2.75) is 20.0 Å². The summed E-state index contributed by atoms with van der Waals surface area (Å²) in [5, 5.41) is 1.44. The molecule has 0 radical (unpaired) electrons. The zero-order valence-electron chi connectivity index (χ0n) is 16.2. The van der Waals surface area contributed by atoms with Gasteiger partial charge in [0.05, 0.1) is 5.52 Å². The fourth-order valence-electron chi connectivity index (χ4n) is 3.33. The molecule has 144 valence electrons. The molecule has 1 amide bonds. The number of nitrogens with zero attached hydrogens (tertiary/aromatic N) is 2. The summed E-state index contributed by atoms with van der Waals surface area (Å²) in [4.78, 5) is 19.6. The second-order valence-corrected chi connectivity index (χ2v) is 7.50. The minimum Gasteiger partial charge on any atom is -0.330 e. The van der Waals surface area contributed by atoms with Crippen LogP contribution in [0.1, 0.15) is 27.0 Å². The van der Waals surface area contributed by atoms with E-state index in [4.69, 9.17) is 11.6 Å². The van der Waals surface area contributed by atoms with Gasteiger partial charge >= 0.3 is 0 Å². The Balaban J connectivity index is 1.69. The van der Waals surface area contributed by atoms with Crippen LogP contribution in [0.15, 0.2) is 84.9 Å². The van der Waals surface area contributed by atoms with Crippen LogP contribution >= 0.6 is 11.6 Å². The van der Waals surface area contributed by atoms with Crippen LogP contribution in [0.2, 0.25) is 5.15 Å². The van der Waals surface area contributed by atoms with Crippen LogP contribution in [0.4, 0.5) is 0 Å². The van der Waals surface area contributed by atoms with Crippen molar-refractivity contribution in [3.05, 3.63) is 112 Å². The van der Waals surface area contributed by atoms with Crippen molar-refractivity contribution in [1.29, 1.82) is 0 Å². The maximum Gasteiger partial charge on any atom is 0.254 e. The fourth-order valence-corrected chi connectivity index (χ4v) is 3.54. The van der Waals surface area contributed by atoms with Gasteiger partial charge in [0.25, 0.3) is 5.91 Å². The fraction of sp³-hybridized carbons (Fsp3) is 0.120. The standard InChI is InChI=1S/C25H21ClN2O/c1-18-11-13-20(14-12-18)25(29)28(16-19-7-3-2-4-8-19)17-22-15-21-9-5-6-10-23(21)27-24(22)26/h2-15H,16-17H2,1H3. The maximum absolute atomic E-state index is 13.3. The minimum atomic E-state index is -0.0296. The molecule has 4 heteroatoms. The molecule has 0 saturated heterocycles. The van der Waals surface area contributed by atoms with Gasteiger partial charge in [-0.25, -0.2) is 4.98 Å². The second-order valence-electron chi connectivity index (χ2n) is 7.14. The van der Waals surface area contributed by atoms with Crippen molar-refractivity contribution >= 4 is 28.4 Å². The number of carbonyl (C=O) groups is 1. The molecule has 1 heterocycles. The van der Waals surface area contributed by atoms with E-state index in [0.717, 1.165) is 27.6 Å². The van der Waals surface area contributed by atoms with Gasteiger partial charge in [-0.15, -0.1) is 0 Å². The number of para-hydroxylation sites is 1. The van der Waals surface area contributed by atoms with E-state index < -0.39 is 0 Å². The lowest BCUT2D eigenvalue weighted by Gasteiger charge is -2.24. The molecule has 0 aliphatic carbocycles. The Morgan fingerprint density at radius 1 is 0.897 bits per heavy atom. The molecule has 0 atom stereocenters. The monoisotopic (exact) mass is 400 g/mol. The number of rotatable bonds is 5. The highest BCUT2D eigenvalue weighted by Crippen LogP contribution is 2.23. The summed E-state index contributed by atoms with van der Waals surface area (Å²) >= 11 is 6.47. The molecular formula is C25H21ClN2O. The molecule has 3 aromatic carbocycles. The van der Waals surface area contributed by atoms with Crippen LogP contribution in [0.5, 0.6) is 0 Å². The van der Waals surface area contributed by atoms with Crippen LogP contribution < -0.4 is 0 Å². The number of aromatic nitrogens is 1. The highest BCUT2D eigenvalue weighted by Gasteiger charge is 2.18. The first-order chi connectivity index (χ1) is 14.1. The SMILES string of the molecule is Cc1ccc(C(=O)N(Cc2ccccc2)Cc2cc3ccccc3nc2Cl)cc1. The average molecular weight is 401 g/mol. The summed E-state index contributed by atoms with van der Waals surface area (Å²) in [6.07, 6.45) is 0. The topological polar surface area (TPSA) is 33.2 Å². The summed E-state index contributed by atoms with van der Waals surface area (Å²) in [5.74, 6) is -0.0296. The lowest BCUT2D eigenvalue weighted by molar-refractivity contribution is 0.0730. The van der Waals surface area contributed by atoms with E-state index >= 15 is 0 Å². The van der Waals surface area contributed by atoms with Gasteiger partial charge in [-0.2, -0.15) is 0 Å². The Kier molecular flexibility index (Phi) is 5.59. The third-order valence-corrected chi connectivity index (χ3v) is 5.24. The number of hydrogen-bond donors (Lipinski definition) is 0. The molecule has 0 fully saturated rings. The number of hydrogen-bond acceptors (Lipinski definition) is 2. The third-order valence-electron chi connectivity index (χ3n) is 4.91. The van der Waals surface area contributed by atoms with Crippen molar-refractivity contribution in [3.63, 3.8) is 0 Å². The lowest BCUT2D eigenvalue weighted by atomic mass is 10.1. The predicted molar refractivity (Wildman–Crippen MR) is 118 cm³/mol. The van der Waals surface area contributed by atoms with Crippen molar-refractivity contribution in [3.8, 4) is 0 Å². The lowest BCUT2D eigenvalue weighted by Crippen LogP contribution is -2.30. The zero-order valence-corrected chi connectivity index (χ0v) is 16.9. The highest BCUT2D eigenvalue weighted by atomic mass is 35.5. The summed E-state index contributed by atoms with van der Waals surface area (Å²) in [7, 11) is 0. The van der Waals surface area contributed by atoms with E-state index in [0.29, 0.717) is 23.8 Å². The highest BCUT2D eigenvalue weighted by molar-refractivity contribution is 6.30. The Labute approximate surface area is 175 Å². The van der Waals surface area contributed by atoms with Crippen LogP contribution in [0.25, 0.3) is 10.9 Å². The van der Waals surface area contributed by atoms with Crippen LogP contribution in [-0.2, 0) is 13.1 Å². The average Bonchev–Trinajstić information content (AvgIpc) is 2.74. The number of benzene rings is 3. The van der Waals surface area contributed by atoms with Gasteiger partial charge in [-0.1, -0.05) is 77.8 Å². The van der Waals surface area contributed by atoms with Crippen LogP contribution in [0.3, 0.4) is 0 Å². The van der Waals surface area contributed by atoms with Crippen molar-refractivity contribution in [2.24, 2.45) is 0 Å². The quantitative estimate of drug-likeness (QED) is 0.382. The molecule has 0 spiro atoms. The molecule has 1 aromatic heterocycles. The molecule has 0 unspecified atom stereocenters. The minimum absolute atomic E-state index is 0.0296. The van der Waals surface area contributed by atoms with E-state index in [-0.39, 0.29) is 5.91 Å². The van der Waals surface area contributed by atoms with E-state index in [9.17, 15) is 4.79 Å². The maximum atomic E-state index is 13.3. The number of fused-ring (bicyclic) bond motifs is 1. The van der Waals surface area contributed by atoms with E-state index in [1.54, 1.807) is 0 Å². The summed E-state index contributed by atoms with van der Waals surface area (Å²) in [6, 6.07) is 27.5. The summed E-state index contributed by atoms with van der Waals surface area (Å²) in [5.41, 5.74) is 4.54. The largest absolute Gasteiger partial charge is 0.330 e. The van der Waals surface area contributed by atoms with Crippen molar-refractivity contribution in [2.75, 3.05) is 0 Å². The first-order valence-electron chi connectivity index (χ1n) is 9.54. The second kappa shape index (κ2) is 8.46. The summed E-state index contributed by atoms with van der Waals surface area (Å²) < 4.78 is 0. The van der Waals surface area contributed by atoms with Gasteiger partial charge in [0.2, 0.25) is 0 Å². The van der Waals surface area contributed by atoms with Crippen LogP contribution in [-0.4, -0.2) is 15.8 Å². The molecular weight excluding hydrogens is 380 g/mol. The van der Waals surface area contributed by atoms with Gasteiger partial charge in [0.15, 0.2) is 0 Å². The van der Waals surface area contributed by atoms with Gasteiger partial charge in [-0.3, -0.25) is 4.79 Å². The molecule has 0 bridgehead atoms. The van der Waals surface area contributed by atoms with Gasteiger partial charge < -0.3 is 4.90 Å². The Hall–Kier alpha value is -3.17. The van der Waals surface area contributed by atoms with Gasteiger partial charge in [-0.05, 0) is 36.8 Å². The first-order valence-corrected chi connectivity index (χ1v) is 9.92. The van der Waals surface area contributed by atoms with Crippen molar-refractivity contribution < 1.29 is 4.79 Å². The molecule has 3 nitrogen and oxygen atoms in total. The molecule has 29 heavy (non-hydrogen) atoms. The number of pyridine rings is 1. The Morgan fingerprint density at radius 2 is 1.59 bits per heavy atom. The Bertz CT molecular complexity index is 1140. The molecule has 4 aromatic rings. The number of aryl methyl sites for hydroxylation is 1. The number of halogens is 1. The van der Waals surface area contributed by atoms with E-state index in [1.807, 2.05) is 96.8 Å². The smallest absolute Gasteiger partial charge is 0.254 e. The third kappa shape index (κ3) is 4.47. The molecule has 0 N–H and O–H groups in total.